The largest absolute Gasteiger partial charge is 0.469 e. The van der Waals surface area contributed by atoms with E-state index in [1.54, 1.807) is 0 Å². The van der Waals surface area contributed by atoms with E-state index in [9.17, 15) is 18.0 Å². The molecule has 1 aromatic rings. The number of hydrogen-bond donors (Lipinski definition) is 0. The molecule has 0 aliphatic heterocycles. The Hall–Kier alpha value is -1.87. The lowest BCUT2D eigenvalue weighted by molar-refractivity contribution is -0.140. The highest BCUT2D eigenvalue weighted by Crippen LogP contribution is 2.17. The topological polar surface area (TPSA) is 97.1 Å². The second kappa shape index (κ2) is 6.72. The Labute approximate surface area is 123 Å². The molecular formula is C12H18N2O6S. The molecule has 0 spiro atoms. The number of furan rings is 1. The van der Waals surface area contributed by atoms with Crippen molar-refractivity contribution in [3.05, 3.63) is 17.9 Å². The van der Waals surface area contributed by atoms with Crippen LogP contribution in [0.4, 0.5) is 0 Å². The average molecular weight is 318 g/mol. The number of carbonyl (C=O) groups excluding carboxylic acids is 2. The molecule has 21 heavy (non-hydrogen) atoms. The van der Waals surface area contributed by atoms with Crippen LogP contribution in [0, 0.1) is 0 Å². The lowest BCUT2D eigenvalue weighted by Crippen LogP contribution is -2.29. The SMILES string of the molecule is COC(=O)CCN(C)C(=O)c1ccc(S(=O)(=O)N(C)C)o1. The van der Waals surface area contributed by atoms with Crippen LogP contribution in [0.2, 0.25) is 0 Å². The monoisotopic (exact) mass is 318 g/mol. The van der Waals surface area contributed by atoms with Gasteiger partial charge in [0.05, 0.1) is 13.5 Å². The van der Waals surface area contributed by atoms with Crippen LogP contribution in [0.25, 0.3) is 0 Å². The van der Waals surface area contributed by atoms with Crippen LogP contribution in [0.15, 0.2) is 21.6 Å². The summed E-state index contributed by atoms with van der Waals surface area (Å²) in [5, 5.41) is -0.308. The number of ether oxygens (including phenoxy) is 1. The second-order valence-electron chi connectivity index (χ2n) is 4.46. The van der Waals surface area contributed by atoms with Crippen LogP contribution in [-0.4, -0.2) is 64.3 Å². The van der Waals surface area contributed by atoms with Crippen LogP contribution >= 0.6 is 0 Å². The van der Waals surface area contributed by atoms with Crippen molar-refractivity contribution in [3.63, 3.8) is 0 Å². The van der Waals surface area contributed by atoms with Gasteiger partial charge in [0.1, 0.15) is 0 Å². The number of sulfonamides is 1. The zero-order valence-electron chi connectivity index (χ0n) is 12.3. The van der Waals surface area contributed by atoms with E-state index in [0.29, 0.717) is 0 Å². The first-order valence-corrected chi connectivity index (χ1v) is 7.48. The van der Waals surface area contributed by atoms with E-state index in [0.717, 1.165) is 4.31 Å². The summed E-state index contributed by atoms with van der Waals surface area (Å²) < 4.78 is 34.2. The third-order valence-corrected chi connectivity index (χ3v) is 4.44. The van der Waals surface area contributed by atoms with Gasteiger partial charge in [-0.05, 0) is 12.1 Å². The minimum atomic E-state index is -3.72. The van der Waals surface area contributed by atoms with Gasteiger partial charge in [-0.2, -0.15) is 0 Å². The van der Waals surface area contributed by atoms with Crippen molar-refractivity contribution in [2.24, 2.45) is 0 Å². The molecule has 0 saturated heterocycles. The minimum Gasteiger partial charge on any atom is -0.469 e. The molecule has 0 saturated carbocycles. The van der Waals surface area contributed by atoms with E-state index in [2.05, 4.69) is 4.74 Å². The van der Waals surface area contributed by atoms with Gasteiger partial charge in [-0.25, -0.2) is 12.7 Å². The van der Waals surface area contributed by atoms with Gasteiger partial charge in [0.2, 0.25) is 5.09 Å². The van der Waals surface area contributed by atoms with E-state index in [1.165, 1.54) is 45.3 Å². The van der Waals surface area contributed by atoms with Gasteiger partial charge in [0.25, 0.3) is 15.9 Å². The first kappa shape index (κ1) is 17.2. The van der Waals surface area contributed by atoms with Gasteiger partial charge >= 0.3 is 5.97 Å². The zero-order chi connectivity index (χ0) is 16.2. The molecule has 9 heteroatoms. The number of hydrogen-bond acceptors (Lipinski definition) is 6. The summed E-state index contributed by atoms with van der Waals surface area (Å²) in [7, 11) is 1.74. The number of carbonyl (C=O) groups is 2. The average Bonchev–Trinajstić information content (AvgIpc) is 2.93. The molecule has 8 nitrogen and oxygen atoms in total. The Balaban J connectivity index is 2.81. The van der Waals surface area contributed by atoms with Crippen molar-refractivity contribution >= 4 is 21.9 Å². The maximum atomic E-state index is 12.0. The summed E-state index contributed by atoms with van der Waals surface area (Å²) in [6.45, 7) is 0.141. The van der Waals surface area contributed by atoms with Crippen molar-refractivity contribution in [2.75, 3.05) is 34.8 Å². The second-order valence-corrected chi connectivity index (χ2v) is 6.54. The van der Waals surface area contributed by atoms with Gasteiger partial charge in [0.15, 0.2) is 5.76 Å². The van der Waals surface area contributed by atoms with Crippen LogP contribution in [0.3, 0.4) is 0 Å². The fourth-order valence-corrected chi connectivity index (χ4v) is 2.20. The third kappa shape index (κ3) is 4.05. The van der Waals surface area contributed by atoms with Crippen LogP contribution in [0.1, 0.15) is 17.0 Å². The van der Waals surface area contributed by atoms with E-state index in [4.69, 9.17) is 4.42 Å². The number of amides is 1. The van der Waals surface area contributed by atoms with E-state index in [-0.39, 0.29) is 23.8 Å². The summed E-state index contributed by atoms with van der Waals surface area (Å²) >= 11 is 0. The Morgan fingerprint density at radius 3 is 2.38 bits per heavy atom. The molecule has 0 atom stereocenters. The lowest BCUT2D eigenvalue weighted by Gasteiger charge is -2.14. The molecule has 118 valence electrons. The maximum absolute atomic E-state index is 12.0. The summed E-state index contributed by atoms with van der Waals surface area (Å²) in [4.78, 5) is 24.3. The summed E-state index contributed by atoms with van der Waals surface area (Å²) in [5.41, 5.74) is 0. The molecule has 0 aliphatic carbocycles. The molecule has 0 bridgehead atoms. The Kier molecular flexibility index (Phi) is 5.50. The molecule has 0 fully saturated rings. The highest BCUT2D eigenvalue weighted by molar-refractivity contribution is 7.88. The summed E-state index contributed by atoms with van der Waals surface area (Å²) in [6, 6.07) is 2.50. The van der Waals surface area contributed by atoms with Gasteiger partial charge in [-0.1, -0.05) is 0 Å². The quantitative estimate of drug-likeness (QED) is 0.693. The maximum Gasteiger partial charge on any atom is 0.307 e. The zero-order valence-corrected chi connectivity index (χ0v) is 13.1. The number of rotatable bonds is 6. The molecule has 0 N–H and O–H groups in total. The summed E-state index contributed by atoms with van der Waals surface area (Å²) in [5.74, 6) is -1.06. The first-order valence-electron chi connectivity index (χ1n) is 6.04. The van der Waals surface area contributed by atoms with E-state index in [1.807, 2.05) is 0 Å². The fourth-order valence-electron chi connectivity index (χ4n) is 1.40. The highest BCUT2D eigenvalue weighted by atomic mass is 32.2. The highest BCUT2D eigenvalue weighted by Gasteiger charge is 2.24. The molecular weight excluding hydrogens is 300 g/mol. The van der Waals surface area contributed by atoms with Crippen LogP contribution in [0.5, 0.6) is 0 Å². The van der Waals surface area contributed by atoms with Crippen LogP contribution in [-0.2, 0) is 19.6 Å². The van der Waals surface area contributed by atoms with Crippen molar-refractivity contribution in [1.82, 2.24) is 9.21 Å². The molecule has 0 unspecified atom stereocenters. The van der Waals surface area contributed by atoms with Gasteiger partial charge in [-0.15, -0.1) is 0 Å². The molecule has 1 amide bonds. The van der Waals surface area contributed by atoms with Crippen molar-refractivity contribution < 1.29 is 27.2 Å². The Bertz CT molecular complexity index is 619. The predicted octanol–water partition coefficient (Wildman–Crippen LogP) is 0.165. The Morgan fingerprint density at radius 1 is 1.24 bits per heavy atom. The van der Waals surface area contributed by atoms with Gasteiger partial charge in [0, 0.05) is 27.7 Å². The smallest absolute Gasteiger partial charge is 0.307 e. The number of methoxy groups -OCH3 is 1. The fraction of sp³-hybridized carbons (Fsp3) is 0.500. The van der Waals surface area contributed by atoms with Crippen molar-refractivity contribution in [1.29, 1.82) is 0 Å². The molecule has 0 aliphatic rings. The molecule has 0 radical (unpaired) electrons. The van der Waals surface area contributed by atoms with Crippen LogP contribution < -0.4 is 0 Å². The lowest BCUT2D eigenvalue weighted by atomic mass is 10.3. The minimum absolute atomic E-state index is 0.0440. The first-order chi connectivity index (χ1) is 9.70. The normalized spacial score (nSPS) is 11.5. The van der Waals surface area contributed by atoms with E-state index < -0.39 is 21.9 Å². The van der Waals surface area contributed by atoms with Crippen molar-refractivity contribution in [2.45, 2.75) is 11.5 Å². The third-order valence-electron chi connectivity index (χ3n) is 2.75. The van der Waals surface area contributed by atoms with Gasteiger partial charge < -0.3 is 14.1 Å². The molecule has 1 rings (SSSR count). The number of nitrogens with zero attached hydrogens (tertiary/aromatic N) is 2. The summed E-state index contributed by atoms with van der Waals surface area (Å²) in [6.07, 6.45) is 0.0440. The van der Waals surface area contributed by atoms with Crippen molar-refractivity contribution in [3.8, 4) is 0 Å². The predicted molar refractivity (Wildman–Crippen MR) is 73.2 cm³/mol. The molecule has 1 aromatic heterocycles. The number of esters is 1. The van der Waals surface area contributed by atoms with E-state index >= 15 is 0 Å². The Morgan fingerprint density at radius 2 is 1.86 bits per heavy atom. The molecule has 1 heterocycles. The molecule has 0 aromatic carbocycles. The van der Waals surface area contributed by atoms with Gasteiger partial charge in [-0.3, -0.25) is 9.59 Å². The standard InChI is InChI=1S/C12H18N2O6S/c1-13(2)21(17,18)11-6-5-9(20-11)12(16)14(3)8-7-10(15)19-4/h5-6H,7-8H2,1-4H3.